The molecule has 2 saturated heterocycles. The van der Waals surface area contributed by atoms with Gasteiger partial charge in [0, 0.05) is 25.4 Å². The van der Waals surface area contributed by atoms with Gasteiger partial charge in [0.15, 0.2) is 0 Å². The van der Waals surface area contributed by atoms with Crippen molar-refractivity contribution < 1.29 is 14.4 Å². The second-order valence-electron chi connectivity index (χ2n) is 5.22. The van der Waals surface area contributed by atoms with E-state index in [2.05, 4.69) is 5.32 Å². The third-order valence-corrected chi connectivity index (χ3v) is 4.32. The monoisotopic (exact) mass is 274 g/mol. The van der Waals surface area contributed by atoms with Gasteiger partial charge in [0.1, 0.15) is 11.8 Å². The maximum atomic E-state index is 11.8. The van der Waals surface area contributed by atoms with Gasteiger partial charge >= 0.3 is 0 Å². The molecule has 0 aliphatic carbocycles. The van der Waals surface area contributed by atoms with Crippen LogP contribution >= 0.6 is 0 Å². The standard InChI is InChI=1S/C13H14N4O3/c1-8(18)17-4-2-13(3-5-17)9(6-14)11(19)16-12(20)10(13)7-15/h9-10H,2-5H2,1H3,(H,16,19,20). The summed E-state index contributed by atoms with van der Waals surface area (Å²) >= 11 is 0. The summed E-state index contributed by atoms with van der Waals surface area (Å²) in [6.07, 6.45) is 0.615. The number of carbonyl (C=O) groups is 3. The molecule has 1 spiro atoms. The average molecular weight is 274 g/mol. The second kappa shape index (κ2) is 4.93. The highest BCUT2D eigenvalue weighted by Gasteiger charge is 2.57. The molecule has 3 amide bonds. The SMILES string of the molecule is CC(=O)N1CCC2(CC1)C(C#N)C(=O)NC(=O)C2C#N. The van der Waals surface area contributed by atoms with E-state index < -0.39 is 29.1 Å². The molecule has 0 saturated carbocycles. The van der Waals surface area contributed by atoms with Crippen LogP contribution < -0.4 is 5.32 Å². The summed E-state index contributed by atoms with van der Waals surface area (Å²) in [4.78, 5) is 36.6. The average Bonchev–Trinajstić information content (AvgIpc) is 2.39. The van der Waals surface area contributed by atoms with Crippen molar-refractivity contribution in [1.29, 1.82) is 10.5 Å². The van der Waals surface area contributed by atoms with Gasteiger partial charge in [-0.2, -0.15) is 10.5 Å². The molecule has 2 atom stereocenters. The van der Waals surface area contributed by atoms with E-state index in [0.29, 0.717) is 25.9 Å². The number of hydrogen-bond donors (Lipinski definition) is 1. The van der Waals surface area contributed by atoms with E-state index in [9.17, 15) is 24.9 Å². The minimum Gasteiger partial charge on any atom is -0.343 e. The number of nitrogens with zero attached hydrogens (tertiary/aromatic N) is 3. The van der Waals surface area contributed by atoms with Crippen LogP contribution in [-0.2, 0) is 14.4 Å². The molecule has 2 fully saturated rings. The summed E-state index contributed by atoms with van der Waals surface area (Å²) in [5, 5.41) is 20.6. The molecular formula is C13H14N4O3. The minimum atomic E-state index is -1.03. The van der Waals surface area contributed by atoms with E-state index in [1.54, 1.807) is 4.90 Å². The molecule has 7 nitrogen and oxygen atoms in total. The predicted octanol–water partition coefficient (Wildman–Crippen LogP) is -0.449. The Morgan fingerprint density at radius 1 is 1.20 bits per heavy atom. The number of nitriles is 2. The zero-order valence-electron chi connectivity index (χ0n) is 11.0. The second-order valence-corrected chi connectivity index (χ2v) is 5.22. The molecule has 2 unspecified atom stereocenters. The Kier molecular flexibility index (Phi) is 3.46. The molecule has 0 bridgehead atoms. The fourth-order valence-corrected chi connectivity index (χ4v) is 3.14. The molecule has 1 N–H and O–H groups in total. The van der Waals surface area contributed by atoms with E-state index in [4.69, 9.17) is 0 Å². The van der Waals surface area contributed by atoms with Crippen LogP contribution in [-0.4, -0.2) is 35.7 Å². The van der Waals surface area contributed by atoms with E-state index in [-0.39, 0.29) is 5.91 Å². The van der Waals surface area contributed by atoms with Gasteiger partial charge in [0.05, 0.1) is 12.1 Å². The molecule has 2 aliphatic heterocycles. The van der Waals surface area contributed by atoms with E-state index in [1.165, 1.54) is 6.92 Å². The fraction of sp³-hybridized carbons (Fsp3) is 0.615. The van der Waals surface area contributed by atoms with Crippen molar-refractivity contribution in [3.8, 4) is 12.1 Å². The Labute approximate surface area is 116 Å². The Bertz CT molecular complexity index is 515. The van der Waals surface area contributed by atoms with Gasteiger partial charge in [0.2, 0.25) is 17.7 Å². The first-order valence-electron chi connectivity index (χ1n) is 6.35. The topological polar surface area (TPSA) is 114 Å². The number of piperidine rings is 2. The van der Waals surface area contributed by atoms with Gasteiger partial charge in [-0.15, -0.1) is 0 Å². The number of likely N-dealkylation sites (tertiary alicyclic amines) is 1. The summed E-state index contributed by atoms with van der Waals surface area (Å²) in [6, 6.07) is 3.85. The molecule has 104 valence electrons. The van der Waals surface area contributed by atoms with Crippen LogP contribution in [0.25, 0.3) is 0 Å². The lowest BCUT2D eigenvalue weighted by atomic mass is 9.59. The quantitative estimate of drug-likeness (QED) is 0.601. The molecule has 0 aromatic carbocycles. The number of nitrogens with one attached hydrogen (secondary N) is 1. The van der Waals surface area contributed by atoms with Crippen molar-refractivity contribution in [2.24, 2.45) is 17.3 Å². The summed E-state index contributed by atoms with van der Waals surface area (Å²) in [5.74, 6) is -3.42. The van der Waals surface area contributed by atoms with Crippen molar-refractivity contribution in [2.75, 3.05) is 13.1 Å². The summed E-state index contributed by atoms with van der Waals surface area (Å²) in [6.45, 7) is 2.15. The van der Waals surface area contributed by atoms with Crippen LogP contribution in [0, 0.1) is 39.9 Å². The maximum absolute atomic E-state index is 11.8. The molecule has 2 rings (SSSR count). The molecule has 0 aromatic heterocycles. The highest BCUT2D eigenvalue weighted by atomic mass is 16.2. The van der Waals surface area contributed by atoms with Crippen molar-refractivity contribution in [2.45, 2.75) is 19.8 Å². The third-order valence-electron chi connectivity index (χ3n) is 4.32. The van der Waals surface area contributed by atoms with Crippen LogP contribution in [0.3, 0.4) is 0 Å². The molecule has 0 radical (unpaired) electrons. The number of rotatable bonds is 0. The van der Waals surface area contributed by atoms with E-state index in [1.807, 2.05) is 12.1 Å². The van der Waals surface area contributed by atoms with Crippen molar-refractivity contribution in [1.82, 2.24) is 10.2 Å². The van der Waals surface area contributed by atoms with Gasteiger partial charge in [0.25, 0.3) is 0 Å². The lowest BCUT2D eigenvalue weighted by Gasteiger charge is -2.47. The maximum Gasteiger partial charge on any atom is 0.244 e. The Morgan fingerprint density at radius 2 is 1.65 bits per heavy atom. The molecule has 0 aromatic rings. The smallest absolute Gasteiger partial charge is 0.244 e. The highest BCUT2D eigenvalue weighted by molar-refractivity contribution is 6.03. The van der Waals surface area contributed by atoms with Gasteiger partial charge in [-0.05, 0) is 12.8 Å². The lowest BCUT2D eigenvalue weighted by molar-refractivity contribution is -0.148. The zero-order chi connectivity index (χ0) is 14.9. The Morgan fingerprint density at radius 3 is 2.00 bits per heavy atom. The van der Waals surface area contributed by atoms with E-state index >= 15 is 0 Å². The third kappa shape index (κ3) is 1.92. The van der Waals surface area contributed by atoms with Gasteiger partial charge in [-0.25, -0.2) is 0 Å². The first kappa shape index (κ1) is 14.0. The summed E-state index contributed by atoms with van der Waals surface area (Å²) < 4.78 is 0. The molecule has 20 heavy (non-hydrogen) atoms. The lowest BCUT2D eigenvalue weighted by Crippen LogP contribution is -2.60. The summed E-state index contributed by atoms with van der Waals surface area (Å²) in [7, 11) is 0. The first-order chi connectivity index (χ1) is 9.46. The predicted molar refractivity (Wildman–Crippen MR) is 65.3 cm³/mol. The van der Waals surface area contributed by atoms with Crippen molar-refractivity contribution in [3.63, 3.8) is 0 Å². The number of imide groups is 1. The molecular weight excluding hydrogens is 260 g/mol. The van der Waals surface area contributed by atoms with Gasteiger partial charge in [-0.3, -0.25) is 19.7 Å². The van der Waals surface area contributed by atoms with Crippen LogP contribution in [0.5, 0.6) is 0 Å². The van der Waals surface area contributed by atoms with Gasteiger partial charge in [-0.1, -0.05) is 0 Å². The first-order valence-corrected chi connectivity index (χ1v) is 6.35. The van der Waals surface area contributed by atoms with Crippen LogP contribution in [0.1, 0.15) is 19.8 Å². The normalized spacial score (nSPS) is 28.4. The van der Waals surface area contributed by atoms with Crippen molar-refractivity contribution in [3.05, 3.63) is 0 Å². The molecule has 7 heteroatoms. The largest absolute Gasteiger partial charge is 0.343 e. The fourth-order valence-electron chi connectivity index (χ4n) is 3.14. The number of carbonyl (C=O) groups excluding carboxylic acids is 3. The minimum absolute atomic E-state index is 0.0894. The van der Waals surface area contributed by atoms with E-state index in [0.717, 1.165) is 0 Å². The Hall–Kier alpha value is -2.41. The van der Waals surface area contributed by atoms with Gasteiger partial charge < -0.3 is 4.90 Å². The molecule has 2 heterocycles. The summed E-state index contributed by atoms with van der Waals surface area (Å²) in [5.41, 5.74) is -0.977. The van der Waals surface area contributed by atoms with Crippen LogP contribution in [0.2, 0.25) is 0 Å². The van der Waals surface area contributed by atoms with Crippen LogP contribution in [0.4, 0.5) is 0 Å². The number of hydrogen-bond acceptors (Lipinski definition) is 5. The number of amides is 3. The Balaban J connectivity index is 2.36. The highest BCUT2D eigenvalue weighted by Crippen LogP contribution is 2.47. The molecule has 2 aliphatic rings. The van der Waals surface area contributed by atoms with Crippen molar-refractivity contribution >= 4 is 17.7 Å². The van der Waals surface area contributed by atoms with Crippen LogP contribution in [0.15, 0.2) is 0 Å². The zero-order valence-corrected chi connectivity index (χ0v) is 11.0.